The van der Waals surface area contributed by atoms with E-state index in [-0.39, 0.29) is 52.1 Å². The number of esters is 1. The van der Waals surface area contributed by atoms with Gasteiger partial charge in [0, 0.05) is 17.5 Å². The topological polar surface area (TPSA) is 192 Å². The van der Waals surface area contributed by atoms with E-state index in [1.807, 2.05) is 0 Å². The van der Waals surface area contributed by atoms with E-state index in [2.05, 4.69) is 20.8 Å². The number of carbonyl (C=O) groups excluding carboxylic acids is 4. The van der Waals surface area contributed by atoms with Crippen molar-refractivity contribution < 1.29 is 38.4 Å². The monoisotopic (exact) mass is 602 g/mol. The number of amides is 3. The fraction of sp³-hybridized carbons (Fsp3) is 0.333. The minimum Gasteiger partial charge on any atom is -0.498 e. The Bertz CT molecular complexity index is 1450. The van der Waals surface area contributed by atoms with Crippen molar-refractivity contribution in [3.05, 3.63) is 62.5 Å². The summed E-state index contributed by atoms with van der Waals surface area (Å²) in [5, 5.41) is 21.0. The van der Waals surface area contributed by atoms with Crippen LogP contribution in [-0.4, -0.2) is 75.1 Å². The lowest BCUT2D eigenvalue weighted by Gasteiger charge is -2.49. The van der Waals surface area contributed by atoms with Gasteiger partial charge in [-0.3, -0.25) is 29.4 Å². The molecule has 1 aliphatic carbocycles. The Balaban J connectivity index is 1.27. The Morgan fingerprint density at radius 2 is 2.05 bits per heavy atom. The smallest absolute Gasteiger partial charge is 0.358 e. The number of aromatic nitrogens is 1. The number of nitro groups is 1. The molecule has 15 nitrogen and oxygen atoms in total. The van der Waals surface area contributed by atoms with Gasteiger partial charge >= 0.3 is 5.97 Å². The number of β-lactam (4-membered cyclic amide) rings is 1. The van der Waals surface area contributed by atoms with Crippen molar-refractivity contribution in [1.82, 2.24) is 15.2 Å². The summed E-state index contributed by atoms with van der Waals surface area (Å²) in [4.78, 5) is 71.3. The lowest BCUT2D eigenvalue weighted by Crippen LogP contribution is -2.71. The van der Waals surface area contributed by atoms with Crippen LogP contribution < -0.4 is 10.6 Å². The van der Waals surface area contributed by atoms with Gasteiger partial charge in [0.2, 0.25) is 6.41 Å². The Hall–Kier alpha value is -4.51. The van der Waals surface area contributed by atoms with Gasteiger partial charge < -0.3 is 24.9 Å². The van der Waals surface area contributed by atoms with E-state index < -0.39 is 34.1 Å². The number of thiazole rings is 1. The molecular formula is C24H22N6O9S2. The number of benzene rings is 1. The summed E-state index contributed by atoms with van der Waals surface area (Å²) in [6.45, 7) is -0.188. The van der Waals surface area contributed by atoms with Crippen molar-refractivity contribution in [2.45, 2.75) is 37.0 Å². The molecule has 0 unspecified atom stereocenters. The summed E-state index contributed by atoms with van der Waals surface area (Å²) in [5.41, 5.74) is 0.336. The molecule has 1 saturated carbocycles. The zero-order valence-electron chi connectivity index (χ0n) is 21.3. The van der Waals surface area contributed by atoms with E-state index in [0.29, 0.717) is 12.0 Å². The lowest BCUT2D eigenvalue weighted by atomic mass is 10.0. The number of oxime groups is 1. The third-order valence-corrected chi connectivity index (χ3v) is 8.17. The van der Waals surface area contributed by atoms with E-state index in [1.54, 1.807) is 0 Å². The Labute approximate surface area is 240 Å². The first-order valence-corrected chi connectivity index (χ1v) is 14.1. The van der Waals surface area contributed by atoms with Crippen LogP contribution in [0.2, 0.25) is 0 Å². The van der Waals surface area contributed by atoms with E-state index in [0.717, 1.165) is 24.2 Å². The largest absolute Gasteiger partial charge is 0.498 e. The Morgan fingerprint density at radius 1 is 1.29 bits per heavy atom. The summed E-state index contributed by atoms with van der Waals surface area (Å²) in [7, 11) is 1.37. The van der Waals surface area contributed by atoms with Crippen molar-refractivity contribution >= 4 is 63.8 Å². The highest BCUT2D eigenvalue weighted by Gasteiger charge is 2.55. The molecule has 1 aromatic carbocycles. The number of fused-ring (bicyclic) bond motifs is 1. The van der Waals surface area contributed by atoms with Crippen molar-refractivity contribution in [3.8, 4) is 0 Å². The maximum absolute atomic E-state index is 13.2. The highest BCUT2D eigenvalue weighted by Crippen LogP contribution is 2.41. The van der Waals surface area contributed by atoms with Crippen LogP contribution >= 0.6 is 23.1 Å². The van der Waals surface area contributed by atoms with Gasteiger partial charge in [0.25, 0.3) is 17.5 Å². The van der Waals surface area contributed by atoms with Gasteiger partial charge in [-0.05, 0) is 30.5 Å². The molecule has 2 aliphatic heterocycles. The molecule has 3 amide bonds. The number of anilines is 1. The quantitative estimate of drug-likeness (QED) is 0.0893. The van der Waals surface area contributed by atoms with Crippen LogP contribution in [-0.2, 0) is 40.1 Å². The van der Waals surface area contributed by atoms with Crippen LogP contribution in [0.15, 0.2) is 46.3 Å². The minimum atomic E-state index is -0.985. The van der Waals surface area contributed by atoms with Gasteiger partial charge in [-0.25, -0.2) is 9.78 Å². The number of nitrogens with one attached hydrogen (secondary N) is 2. The normalized spacial score (nSPS) is 20.0. The zero-order chi connectivity index (χ0) is 29.1. The number of ether oxygens (including phenoxy) is 2. The maximum atomic E-state index is 13.2. The number of hydrogen-bond donors (Lipinski definition) is 2. The van der Waals surface area contributed by atoms with Crippen LogP contribution in [0.4, 0.5) is 10.8 Å². The van der Waals surface area contributed by atoms with Gasteiger partial charge in [0.15, 0.2) is 16.5 Å². The van der Waals surface area contributed by atoms with Crippen LogP contribution in [0.25, 0.3) is 0 Å². The van der Waals surface area contributed by atoms with E-state index in [9.17, 15) is 29.3 Å². The van der Waals surface area contributed by atoms with Gasteiger partial charge in [-0.1, -0.05) is 5.16 Å². The summed E-state index contributed by atoms with van der Waals surface area (Å²) < 4.78 is 10.7. The molecule has 41 heavy (non-hydrogen) atoms. The van der Waals surface area contributed by atoms with E-state index in [4.69, 9.17) is 14.3 Å². The standard InChI is InChI=1S/C24H22N6O9S2/c1-37-16-10-40-22-18(27-20(32)17(28-39-14-6-7-14)15-9-41-24(26-15)25-11-31)21(33)29(22)19(16)23(34)38-8-12-2-4-13(5-3-12)30(35)36/h2-5,9,11,14,18,22H,6-8,10H2,1H3,(H,27,32)(H,25,26,31)/b28-17-/t18-,22-/m1/s1. The molecule has 2 N–H and O–H groups in total. The maximum Gasteiger partial charge on any atom is 0.358 e. The minimum absolute atomic E-state index is 0.0799. The van der Waals surface area contributed by atoms with Crippen molar-refractivity contribution in [2.75, 3.05) is 18.2 Å². The first-order valence-electron chi connectivity index (χ1n) is 12.1. The average molecular weight is 603 g/mol. The fourth-order valence-electron chi connectivity index (χ4n) is 3.88. The molecule has 17 heteroatoms. The lowest BCUT2D eigenvalue weighted by molar-refractivity contribution is -0.384. The molecule has 2 atom stereocenters. The molecule has 0 bridgehead atoms. The number of thioether (sulfide) groups is 1. The van der Waals surface area contributed by atoms with Gasteiger partial charge in [0.05, 0.1) is 17.8 Å². The summed E-state index contributed by atoms with van der Waals surface area (Å²) in [6, 6.07) is 4.52. The molecule has 5 rings (SSSR count). The zero-order valence-corrected chi connectivity index (χ0v) is 22.9. The molecular weight excluding hydrogens is 580 g/mol. The summed E-state index contributed by atoms with van der Waals surface area (Å²) >= 11 is 2.38. The number of nitro benzene ring substituents is 1. The van der Waals surface area contributed by atoms with Crippen molar-refractivity contribution in [1.29, 1.82) is 0 Å². The third-order valence-electron chi connectivity index (χ3n) is 6.14. The van der Waals surface area contributed by atoms with Crippen LogP contribution in [0.3, 0.4) is 0 Å². The van der Waals surface area contributed by atoms with Crippen LogP contribution in [0.1, 0.15) is 24.1 Å². The SMILES string of the molecule is COC1=C(C(=O)OCc2ccc([N+](=O)[O-])cc2)N2C(=O)[C@@H](NC(=O)/C(=N\OC3CC3)c3csc(NC=O)n3)[C@H]2SC1. The second kappa shape index (κ2) is 11.9. The van der Waals surface area contributed by atoms with E-state index >= 15 is 0 Å². The predicted molar refractivity (Wildman–Crippen MR) is 144 cm³/mol. The first-order chi connectivity index (χ1) is 19.8. The number of non-ortho nitro benzene ring substituents is 1. The molecule has 0 spiro atoms. The fourth-order valence-corrected chi connectivity index (χ4v) is 5.85. The predicted octanol–water partition coefficient (Wildman–Crippen LogP) is 1.50. The van der Waals surface area contributed by atoms with Gasteiger partial charge in [0.1, 0.15) is 35.6 Å². The van der Waals surface area contributed by atoms with Crippen LogP contribution in [0, 0.1) is 10.1 Å². The molecule has 214 valence electrons. The summed E-state index contributed by atoms with van der Waals surface area (Å²) in [6.07, 6.45) is 1.97. The number of methoxy groups -OCH3 is 1. The molecule has 3 heterocycles. The molecule has 0 radical (unpaired) electrons. The average Bonchev–Trinajstić information content (AvgIpc) is 3.70. The van der Waals surface area contributed by atoms with E-state index in [1.165, 1.54) is 53.4 Å². The molecule has 3 aliphatic rings. The van der Waals surface area contributed by atoms with Crippen LogP contribution in [0.5, 0.6) is 0 Å². The molecule has 1 saturated heterocycles. The number of carbonyl (C=O) groups is 4. The van der Waals surface area contributed by atoms with Crippen molar-refractivity contribution in [3.63, 3.8) is 0 Å². The second-order valence-corrected chi connectivity index (χ2v) is 10.8. The second-order valence-electron chi connectivity index (χ2n) is 8.88. The van der Waals surface area contributed by atoms with Crippen molar-refractivity contribution in [2.24, 2.45) is 5.16 Å². The summed E-state index contributed by atoms with van der Waals surface area (Å²) in [5.74, 6) is -1.62. The molecule has 2 aromatic rings. The number of nitrogens with zero attached hydrogens (tertiary/aromatic N) is 4. The Kier molecular flexibility index (Phi) is 8.16. The number of hydrogen-bond acceptors (Lipinski definition) is 13. The molecule has 1 aromatic heterocycles. The third kappa shape index (κ3) is 5.99. The number of rotatable bonds is 12. The highest BCUT2D eigenvalue weighted by molar-refractivity contribution is 8.00. The van der Waals surface area contributed by atoms with Gasteiger partial charge in [-0.15, -0.1) is 23.1 Å². The highest BCUT2D eigenvalue weighted by atomic mass is 32.2. The molecule has 2 fully saturated rings. The first kappa shape index (κ1) is 28.0. The van der Waals surface area contributed by atoms with Gasteiger partial charge in [-0.2, -0.15) is 0 Å². The Morgan fingerprint density at radius 3 is 2.71 bits per heavy atom.